The Hall–Kier alpha value is -0.150. The van der Waals surface area contributed by atoms with Gasteiger partial charge in [0.15, 0.2) is 0 Å². The van der Waals surface area contributed by atoms with Crippen LogP contribution in [0.25, 0.3) is 0 Å². The smallest absolute Gasteiger partial charge is 0.133 e. The first-order valence-electron chi connectivity index (χ1n) is 3.21. The van der Waals surface area contributed by atoms with E-state index in [1.54, 1.807) is 7.11 Å². The molecule has 0 spiro atoms. The van der Waals surface area contributed by atoms with E-state index in [2.05, 4.69) is 28.6 Å². The molecule has 1 aromatic carbocycles. The fourth-order valence-electron chi connectivity index (χ4n) is 0.808. The lowest BCUT2D eigenvalue weighted by Gasteiger charge is -2.03. The standard InChI is InChI=1S/C8H9BrOS/c1-10-8-3-2-6(5-11)4-7(8)9/h2-4,11H,5H2,1H3. The zero-order chi connectivity index (χ0) is 8.27. The fraction of sp³-hybridized carbons (Fsp3) is 0.250. The van der Waals surface area contributed by atoms with Crippen molar-refractivity contribution in [2.45, 2.75) is 5.75 Å². The maximum Gasteiger partial charge on any atom is 0.133 e. The monoisotopic (exact) mass is 232 g/mol. The van der Waals surface area contributed by atoms with Gasteiger partial charge in [-0.1, -0.05) is 6.07 Å². The first kappa shape index (κ1) is 8.94. The molecule has 1 rings (SSSR count). The lowest BCUT2D eigenvalue weighted by molar-refractivity contribution is 0.412. The summed E-state index contributed by atoms with van der Waals surface area (Å²) in [4.78, 5) is 0. The summed E-state index contributed by atoms with van der Waals surface area (Å²) in [5.74, 6) is 1.61. The van der Waals surface area contributed by atoms with E-state index in [4.69, 9.17) is 4.74 Å². The van der Waals surface area contributed by atoms with Crippen molar-refractivity contribution >= 4 is 28.6 Å². The second-order valence-electron chi connectivity index (χ2n) is 2.13. The lowest BCUT2D eigenvalue weighted by Crippen LogP contribution is -1.85. The van der Waals surface area contributed by atoms with Crippen LogP contribution in [0.3, 0.4) is 0 Å². The second kappa shape index (κ2) is 4.02. The van der Waals surface area contributed by atoms with E-state index >= 15 is 0 Å². The predicted octanol–water partition coefficient (Wildman–Crippen LogP) is 2.89. The zero-order valence-electron chi connectivity index (χ0n) is 6.17. The molecule has 0 unspecified atom stereocenters. The van der Waals surface area contributed by atoms with E-state index in [0.717, 1.165) is 16.0 Å². The highest BCUT2D eigenvalue weighted by molar-refractivity contribution is 9.10. The maximum absolute atomic E-state index is 5.07. The van der Waals surface area contributed by atoms with Crippen molar-refractivity contribution in [1.29, 1.82) is 0 Å². The SMILES string of the molecule is COc1ccc(CS)cc1Br. The van der Waals surface area contributed by atoms with Crippen LogP contribution >= 0.6 is 28.6 Å². The zero-order valence-corrected chi connectivity index (χ0v) is 8.65. The number of halogens is 1. The number of benzene rings is 1. The fourth-order valence-corrected chi connectivity index (χ4v) is 1.59. The van der Waals surface area contributed by atoms with E-state index in [0.29, 0.717) is 0 Å². The van der Waals surface area contributed by atoms with Gasteiger partial charge in [-0.05, 0) is 33.6 Å². The van der Waals surface area contributed by atoms with Gasteiger partial charge in [0.25, 0.3) is 0 Å². The molecule has 0 aliphatic heterocycles. The van der Waals surface area contributed by atoms with Crippen LogP contribution in [-0.2, 0) is 5.75 Å². The number of hydrogen-bond donors (Lipinski definition) is 1. The maximum atomic E-state index is 5.07. The summed E-state index contributed by atoms with van der Waals surface area (Å²) in [5, 5.41) is 0. The Kier molecular flexibility index (Phi) is 3.27. The van der Waals surface area contributed by atoms with Crippen molar-refractivity contribution in [3.63, 3.8) is 0 Å². The van der Waals surface area contributed by atoms with Gasteiger partial charge in [0.05, 0.1) is 11.6 Å². The van der Waals surface area contributed by atoms with Gasteiger partial charge in [0.1, 0.15) is 5.75 Å². The molecule has 0 bridgehead atoms. The minimum absolute atomic E-state index is 0.753. The highest BCUT2D eigenvalue weighted by Crippen LogP contribution is 2.25. The predicted molar refractivity (Wildman–Crippen MR) is 53.4 cm³/mol. The van der Waals surface area contributed by atoms with Crippen molar-refractivity contribution in [3.05, 3.63) is 28.2 Å². The van der Waals surface area contributed by atoms with Crippen LogP contribution in [-0.4, -0.2) is 7.11 Å². The topological polar surface area (TPSA) is 9.23 Å². The molecular formula is C8H9BrOS. The number of ether oxygens (including phenoxy) is 1. The number of rotatable bonds is 2. The van der Waals surface area contributed by atoms with Crippen LogP contribution in [0.1, 0.15) is 5.56 Å². The molecule has 0 N–H and O–H groups in total. The Morgan fingerprint density at radius 2 is 2.27 bits per heavy atom. The molecule has 1 nitrogen and oxygen atoms in total. The first-order valence-corrected chi connectivity index (χ1v) is 4.63. The van der Waals surface area contributed by atoms with E-state index in [1.165, 1.54) is 5.56 Å². The summed E-state index contributed by atoms with van der Waals surface area (Å²) >= 11 is 7.55. The summed E-state index contributed by atoms with van der Waals surface area (Å²) in [5.41, 5.74) is 1.18. The highest BCUT2D eigenvalue weighted by atomic mass is 79.9. The molecule has 1 aromatic rings. The summed E-state index contributed by atoms with van der Waals surface area (Å²) in [6, 6.07) is 5.93. The third kappa shape index (κ3) is 2.14. The summed E-state index contributed by atoms with van der Waals surface area (Å²) in [6.45, 7) is 0. The molecule has 0 fully saturated rings. The second-order valence-corrected chi connectivity index (χ2v) is 3.30. The van der Waals surface area contributed by atoms with Crippen molar-refractivity contribution in [3.8, 4) is 5.75 Å². The van der Waals surface area contributed by atoms with Crippen molar-refractivity contribution in [2.75, 3.05) is 7.11 Å². The molecule has 11 heavy (non-hydrogen) atoms. The van der Waals surface area contributed by atoms with Gasteiger partial charge in [-0.25, -0.2) is 0 Å². The molecule has 0 amide bonds. The van der Waals surface area contributed by atoms with Crippen LogP contribution in [0.4, 0.5) is 0 Å². The molecule has 0 heterocycles. The quantitative estimate of drug-likeness (QED) is 0.772. The van der Waals surface area contributed by atoms with Crippen LogP contribution < -0.4 is 4.74 Å². The van der Waals surface area contributed by atoms with Gasteiger partial charge >= 0.3 is 0 Å². The first-order chi connectivity index (χ1) is 5.27. The third-order valence-corrected chi connectivity index (χ3v) is 2.38. The van der Waals surface area contributed by atoms with E-state index < -0.39 is 0 Å². The van der Waals surface area contributed by atoms with Crippen LogP contribution in [0.5, 0.6) is 5.75 Å². The Labute approximate surface area is 80.3 Å². The van der Waals surface area contributed by atoms with Gasteiger partial charge in [-0.15, -0.1) is 0 Å². The minimum Gasteiger partial charge on any atom is -0.496 e. The van der Waals surface area contributed by atoms with E-state index in [-0.39, 0.29) is 0 Å². The summed E-state index contributed by atoms with van der Waals surface area (Å²) < 4.78 is 6.05. The lowest BCUT2D eigenvalue weighted by atomic mass is 10.2. The number of methoxy groups -OCH3 is 1. The third-order valence-electron chi connectivity index (χ3n) is 1.40. The largest absolute Gasteiger partial charge is 0.496 e. The Morgan fingerprint density at radius 3 is 2.73 bits per heavy atom. The van der Waals surface area contributed by atoms with E-state index in [1.807, 2.05) is 18.2 Å². The van der Waals surface area contributed by atoms with Crippen LogP contribution in [0, 0.1) is 0 Å². The molecule has 0 atom stereocenters. The molecular weight excluding hydrogens is 224 g/mol. The Balaban J connectivity index is 2.99. The van der Waals surface area contributed by atoms with Crippen LogP contribution in [0.2, 0.25) is 0 Å². The minimum atomic E-state index is 0.753. The molecule has 60 valence electrons. The van der Waals surface area contributed by atoms with Gasteiger partial charge in [-0.3, -0.25) is 0 Å². The molecule has 0 aromatic heterocycles. The average molecular weight is 233 g/mol. The number of thiol groups is 1. The van der Waals surface area contributed by atoms with Crippen molar-refractivity contribution in [1.82, 2.24) is 0 Å². The highest BCUT2D eigenvalue weighted by Gasteiger charge is 1.98. The van der Waals surface area contributed by atoms with Crippen molar-refractivity contribution < 1.29 is 4.74 Å². The Morgan fingerprint density at radius 1 is 1.55 bits per heavy atom. The number of hydrogen-bond acceptors (Lipinski definition) is 2. The average Bonchev–Trinajstić information content (AvgIpc) is 2.04. The van der Waals surface area contributed by atoms with Gasteiger partial charge in [-0.2, -0.15) is 12.6 Å². The van der Waals surface area contributed by atoms with Crippen LogP contribution in [0.15, 0.2) is 22.7 Å². The molecule has 0 radical (unpaired) electrons. The normalized spacial score (nSPS) is 9.73. The van der Waals surface area contributed by atoms with Gasteiger partial charge < -0.3 is 4.74 Å². The molecule has 0 aliphatic rings. The Bertz CT molecular complexity index is 250. The molecule has 0 aliphatic carbocycles. The summed E-state index contributed by atoms with van der Waals surface area (Å²) in [6.07, 6.45) is 0. The molecule has 0 saturated heterocycles. The molecule has 3 heteroatoms. The summed E-state index contributed by atoms with van der Waals surface area (Å²) in [7, 11) is 1.65. The van der Waals surface area contributed by atoms with Gasteiger partial charge in [0.2, 0.25) is 0 Å². The van der Waals surface area contributed by atoms with Gasteiger partial charge in [0, 0.05) is 5.75 Å². The van der Waals surface area contributed by atoms with Crippen molar-refractivity contribution in [2.24, 2.45) is 0 Å². The molecule has 0 saturated carbocycles. The van der Waals surface area contributed by atoms with E-state index in [9.17, 15) is 0 Å².